The van der Waals surface area contributed by atoms with Gasteiger partial charge in [-0.2, -0.15) is 0 Å². The van der Waals surface area contributed by atoms with Gasteiger partial charge < -0.3 is 5.32 Å². The third kappa shape index (κ3) is 5.57. The minimum atomic E-state index is -3.80. The summed E-state index contributed by atoms with van der Waals surface area (Å²) in [4.78, 5) is 12.3. The van der Waals surface area contributed by atoms with Crippen molar-refractivity contribution in [3.63, 3.8) is 0 Å². The number of carbonyl (C=O) groups excluding carboxylic acids is 1. The topological polar surface area (TPSA) is 75.3 Å². The predicted molar refractivity (Wildman–Crippen MR) is 108 cm³/mol. The third-order valence-electron chi connectivity index (χ3n) is 3.78. The Morgan fingerprint density at radius 2 is 1.88 bits per heavy atom. The van der Waals surface area contributed by atoms with Crippen molar-refractivity contribution in [1.29, 1.82) is 0 Å². The number of amides is 1. The van der Waals surface area contributed by atoms with E-state index in [1.807, 2.05) is 13.0 Å². The normalized spacial score (nSPS) is 11.4. The predicted octanol–water partition coefficient (Wildman–Crippen LogP) is 4.33. The highest BCUT2D eigenvalue weighted by Crippen LogP contribution is 2.26. The summed E-state index contributed by atoms with van der Waals surface area (Å²) in [5.41, 5.74) is 1.71. The highest BCUT2D eigenvalue weighted by molar-refractivity contribution is 9.10. The van der Waals surface area contributed by atoms with Gasteiger partial charge in [-0.3, -0.25) is 9.52 Å². The quantitative estimate of drug-likeness (QED) is 0.674. The molecule has 0 heterocycles. The molecule has 0 aliphatic rings. The first-order valence-corrected chi connectivity index (χ1v) is 10.6. The number of nitrogens with one attached hydrogen (secondary N) is 2. The molecule has 5 nitrogen and oxygen atoms in total. The molecule has 0 saturated carbocycles. The fourth-order valence-electron chi connectivity index (χ4n) is 2.30. The van der Waals surface area contributed by atoms with E-state index in [4.69, 9.17) is 0 Å². The molecule has 2 aromatic carbocycles. The fourth-order valence-corrected chi connectivity index (χ4v) is 3.90. The van der Waals surface area contributed by atoms with Crippen molar-refractivity contribution >= 4 is 37.5 Å². The number of sulfonamides is 1. The highest BCUT2D eigenvalue weighted by atomic mass is 79.9. The Labute approximate surface area is 163 Å². The molecule has 2 N–H and O–H groups in total. The third-order valence-corrected chi connectivity index (χ3v) is 5.83. The molecular weight excluding hydrogens is 416 g/mol. The zero-order chi connectivity index (χ0) is 19.3. The molecule has 0 bridgehead atoms. The Kier molecular flexibility index (Phi) is 6.83. The molecule has 0 aliphatic carbocycles. The number of rotatable bonds is 7. The fraction of sp³-hybridized carbons (Fsp3) is 0.316. The van der Waals surface area contributed by atoms with Crippen LogP contribution in [-0.4, -0.2) is 20.9 Å². The lowest BCUT2D eigenvalue weighted by molar-refractivity contribution is 0.0952. The minimum absolute atomic E-state index is 0.0439. The second-order valence-electron chi connectivity index (χ2n) is 6.56. The van der Waals surface area contributed by atoms with Crippen LogP contribution in [0.2, 0.25) is 0 Å². The van der Waals surface area contributed by atoms with Crippen LogP contribution in [0.25, 0.3) is 0 Å². The summed E-state index contributed by atoms with van der Waals surface area (Å²) < 4.78 is 28.6. The van der Waals surface area contributed by atoms with Crippen LogP contribution >= 0.6 is 15.9 Å². The van der Waals surface area contributed by atoms with E-state index in [-0.39, 0.29) is 10.8 Å². The van der Waals surface area contributed by atoms with Crippen LogP contribution in [0.3, 0.4) is 0 Å². The number of benzene rings is 2. The standard InChI is InChI=1S/C19H23BrN2O3S/c1-13(2)9-10-21-19(23)15-5-4-6-16(12-15)26(24,25)22-18-11-14(3)7-8-17(18)20/h4-8,11-13,22H,9-10H2,1-3H3,(H,21,23). The molecule has 0 fully saturated rings. The van der Waals surface area contributed by atoms with Crippen molar-refractivity contribution in [3.05, 3.63) is 58.1 Å². The smallest absolute Gasteiger partial charge is 0.261 e. The molecule has 0 spiro atoms. The number of carbonyl (C=O) groups is 1. The van der Waals surface area contributed by atoms with Crippen LogP contribution in [0, 0.1) is 12.8 Å². The Balaban J connectivity index is 2.19. The molecule has 0 aliphatic heterocycles. The lowest BCUT2D eigenvalue weighted by Gasteiger charge is -2.12. The van der Waals surface area contributed by atoms with Gasteiger partial charge in [-0.1, -0.05) is 26.0 Å². The summed E-state index contributed by atoms with van der Waals surface area (Å²) in [7, 11) is -3.80. The molecule has 2 aromatic rings. The molecule has 26 heavy (non-hydrogen) atoms. The molecular formula is C19H23BrN2O3S. The molecule has 0 atom stereocenters. The Hall–Kier alpha value is -1.86. The number of hydrogen-bond acceptors (Lipinski definition) is 3. The average molecular weight is 439 g/mol. The van der Waals surface area contributed by atoms with Gasteiger partial charge >= 0.3 is 0 Å². The summed E-state index contributed by atoms with van der Waals surface area (Å²) in [5, 5.41) is 2.81. The Bertz CT molecular complexity index is 895. The Morgan fingerprint density at radius 1 is 1.15 bits per heavy atom. The summed E-state index contributed by atoms with van der Waals surface area (Å²) in [6.07, 6.45) is 0.868. The van der Waals surface area contributed by atoms with E-state index in [2.05, 4.69) is 39.8 Å². The zero-order valence-electron chi connectivity index (χ0n) is 15.0. The Morgan fingerprint density at radius 3 is 2.58 bits per heavy atom. The molecule has 0 radical (unpaired) electrons. The molecule has 7 heteroatoms. The SMILES string of the molecule is Cc1ccc(Br)c(NS(=O)(=O)c2cccc(C(=O)NCCC(C)C)c2)c1. The van der Waals surface area contributed by atoms with Crippen LogP contribution in [-0.2, 0) is 10.0 Å². The lowest BCUT2D eigenvalue weighted by Crippen LogP contribution is -2.25. The van der Waals surface area contributed by atoms with Gasteiger partial charge in [0.1, 0.15) is 0 Å². The van der Waals surface area contributed by atoms with Gasteiger partial charge in [-0.05, 0) is 71.1 Å². The van der Waals surface area contributed by atoms with Crippen molar-refractivity contribution < 1.29 is 13.2 Å². The van der Waals surface area contributed by atoms with Crippen molar-refractivity contribution in [2.24, 2.45) is 5.92 Å². The maximum absolute atomic E-state index is 12.7. The zero-order valence-corrected chi connectivity index (χ0v) is 17.4. The van der Waals surface area contributed by atoms with Gasteiger partial charge in [0.25, 0.3) is 15.9 Å². The maximum Gasteiger partial charge on any atom is 0.261 e. The van der Waals surface area contributed by atoms with Crippen LogP contribution in [0.5, 0.6) is 0 Å². The van der Waals surface area contributed by atoms with Gasteiger partial charge in [0.2, 0.25) is 0 Å². The van der Waals surface area contributed by atoms with Crippen molar-refractivity contribution in [2.75, 3.05) is 11.3 Å². The van der Waals surface area contributed by atoms with Crippen LogP contribution in [0.1, 0.15) is 36.2 Å². The van der Waals surface area contributed by atoms with Gasteiger partial charge in [0.15, 0.2) is 0 Å². The molecule has 0 unspecified atom stereocenters. The number of halogens is 1. The van der Waals surface area contributed by atoms with Crippen LogP contribution in [0.4, 0.5) is 5.69 Å². The first kappa shape index (κ1) is 20.5. The number of anilines is 1. The first-order chi connectivity index (χ1) is 12.2. The monoisotopic (exact) mass is 438 g/mol. The molecule has 2 rings (SSSR count). The maximum atomic E-state index is 12.7. The second-order valence-corrected chi connectivity index (χ2v) is 9.09. The van der Waals surface area contributed by atoms with Crippen molar-refractivity contribution in [3.8, 4) is 0 Å². The summed E-state index contributed by atoms with van der Waals surface area (Å²) >= 11 is 3.34. The van der Waals surface area contributed by atoms with E-state index in [9.17, 15) is 13.2 Å². The summed E-state index contributed by atoms with van der Waals surface area (Å²) in [5.74, 6) is 0.207. The largest absolute Gasteiger partial charge is 0.352 e. The minimum Gasteiger partial charge on any atom is -0.352 e. The van der Waals surface area contributed by atoms with E-state index < -0.39 is 10.0 Å². The lowest BCUT2D eigenvalue weighted by atomic mass is 10.1. The van der Waals surface area contributed by atoms with E-state index >= 15 is 0 Å². The highest BCUT2D eigenvalue weighted by Gasteiger charge is 2.17. The first-order valence-electron chi connectivity index (χ1n) is 8.36. The van der Waals surface area contributed by atoms with Gasteiger partial charge in [-0.25, -0.2) is 8.42 Å². The number of aryl methyl sites for hydroxylation is 1. The number of hydrogen-bond donors (Lipinski definition) is 2. The summed E-state index contributed by atoms with van der Waals surface area (Å²) in [6, 6.07) is 11.4. The van der Waals surface area contributed by atoms with Gasteiger partial charge in [-0.15, -0.1) is 0 Å². The van der Waals surface area contributed by atoms with Crippen LogP contribution < -0.4 is 10.0 Å². The average Bonchev–Trinajstić information content (AvgIpc) is 2.57. The van der Waals surface area contributed by atoms with E-state index in [1.165, 1.54) is 12.1 Å². The van der Waals surface area contributed by atoms with E-state index in [0.717, 1.165) is 12.0 Å². The van der Waals surface area contributed by atoms with Crippen LogP contribution in [0.15, 0.2) is 51.8 Å². The molecule has 0 saturated heterocycles. The molecule has 1 amide bonds. The van der Waals surface area contributed by atoms with Gasteiger partial charge in [0.05, 0.1) is 10.6 Å². The second kappa shape index (κ2) is 8.68. The summed E-state index contributed by atoms with van der Waals surface area (Å²) in [6.45, 7) is 6.59. The van der Waals surface area contributed by atoms with E-state index in [0.29, 0.717) is 28.2 Å². The molecule has 0 aromatic heterocycles. The van der Waals surface area contributed by atoms with E-state index in [1.54, 1.807) is 24.3 Å². The van der Waals surface area contributed by atoms with Crippen molar-refractivity contribution in [2.45, 2.75) is 32.1 Å². The van der Waals surface area contributed by atoms with Crippen molar-refractivity contribution in [1.82, 2.24) is 5.32 Å². The van der Waals surface area contributed by atoms with Gasteiger partial charge in [0, 0.05) is 16.6 Å². The molecule has 140 valence electrons.